The van der Waals surface area contributed by atoms with Crippen molar-refractivity contribution in [3.63, 3.8) is 0 Å². The predicted octanol–water partition coefficient (Wildman–Crippen LogP) is 8.89. The van der Waals surface area contributed by atoms with Crippen LogP contribution in [0.2, 0.25) is 0 Å². The first-order valence-corrected chi connectivity index (χ1v) is 19.8. The number of rotatable bonds is 14. The Morgan fingerprint density at radius 2 is 1.00 bits per heavy atom. The van der Waals surface area contributed by atoms with Crippen molar-refractivity contribution < 1.29 is 38.0 Å². The number of carbonyl (C=O) groups excluding carboxylic acids is 2. The van der Waals surface area contributed by atoms with Crippen LogP contribution in [0.15, 0.2) is 158 Å². The summed E-state index contributed by atoms with van der Waals surface area (Å²) in [5, 5.41) is 0. The Hall–Kier alpha value is -6.48. The van der Waals surface area contributed by atoms with E-state index in [1.807, 2.05) is 60.7 Å². The molecule has 1 unspecified atom stereocenters. The Morgan fingerprint density at radius 1 is 0.559 bits per heavy atom. The second kappa shape index (κ2) is 15.4. The van der Waals surface area contributed by atoms with Gasteiger partial charge in [0.25, 0.3) is 0 Å². The largest absolute Gasteiger partial charge is 0.490 e. The molecule has 0 radical (unpaired) electrons. The first-order valence-electron chi connectivity index (χ1n) is 19.8. The molecule has 0 heterocycles. The predicted molar refractivity (Wildman–Crippen MR) is 223 cm³/mol. The van der Waals surface area contributed by atoms with Gasteiger partial charge in [-0.15, -0.1) is 0 Å². The molecule has 6 aromatic rings. The van der Waals surface area contributed by atoms with Gasteiger partial charge in [-0.1, -0.05) is 128 Å². The van der Waals surface area contributed by atoms with E-state index in [4.69, 9.17) is 28.4 Å². The van der Waals surface area contributed by atoms with Gasteiger partial charge in [0.1, 0.15) is 49.1 Å². The summed E-state index contributed by atoms with van der Waals surface area (Å²) >= 11 is 0. The summed E-state index contributed by atoms with van der Waals surface area (Å²) in [5.74, 6) is -0.141. The van der Waals surface area contributed by atoms with Crippen molar-refractivity contribution in [1.82, 2.24) is 0 Å². The quantitative estimate of drug-likeness (QED) is 0.0614. The van der Waals surface area contributed by atoms with Crippen LogP contribution in [0.4, 0.5) is 0 Å². The number of ether oxygens (including phenoxy) is 6. The molecule has 4 aliphatic rings. The first kappa shape index (κ1) is 38.1. The highest BCUT2D eigenvalue weighted by Crippen LogP contribution is 2.62. The van der Waals surface area contributed by atoms with Crippen LogP contribution in [0.5, 0.6) is 11.5 Å². The highest BCUT2D eigenvalue weighted by Gasteiger charge is 2.64. The van der Waals surface area contributed by atoms with Crippen LogP contribution in [0.1, 0.15) is 50.9 Å². The van der Waals surface area contributed by atoms with Crippen LogP contribution in [0.3, 0.4) is 0 Å². The molecule has 0 saturated heterocycles. The highest BCUT2D eigenvalue weighted by molar-refractivity contribution is 5.86. The van der Waals surface area contributed by atoms with Gasteiger partial charge in [-0.3, -0.25) is 4.79 Å². The fraction of sp³-hybridized carbons (Fsp3) is 0.216. The van der Waals surface area contributed by atoms with Gasteiger partial charge in [-0.05, 0) is 79.9 Å². The lowest BCUT2D eigenvalue weighted by Crippen LogP contribution is -2.58. The molecule has 0 saturated carbocycles. The molecule has 296 valence electrons. The highest BCUT2D eigenvalue weighted by atomic mass is 16.6. The van der Waals surface area contributed by atoms with E-state index in [9.17, 15) is 9.59 Å². The summed E-state index contributed by atoms with van der Waals surface area (Å²) in [6.45, 7) is 4.02. The smallest absolute Gasteiger partial charge is 0.330 e. The average Bonchev–Trinajstić information content (AvgIpc) is 3.60. The van der Waals surface area contributed by atoms with Gasteiger partial charge in [0.15, 0.2) is 0 Å². The summed E-state index contributed by atoms with van der Waals surface area (Å²) in [6, 6.07) is 49.5. The summed E-state index contributed by atoms with van der Waals surface area (Å²) in [7, 11) is 3.37. The molecule has 10 rings (SSSR count). The zero-order valence-corrected chi connectivity index (χ0v) is 33.0. The maximum Gasteiger partial charge on any atom is 0.330 e. The zero-order valence-electron chi connectivity index (χ0n) is 33.0. The minimum atomic E-state index is -1.01. The summed E-state index contributed by atoms with van der Waals surface area (Å²) in [4.78, 5) is 25.5. The lowest BCUT2D eigenvalue weighted by atomic mass is 9.54. The molecular formula is C51H44O8. The second-order valence-electron chi connectivity index (χ2n) is 14.9. The van der Waals surface area contributed by atoms with Crippen molar-refractivity contribution >= 4 is 11.9 Å². The van der Waals surface area contributed by atoms with Crippen LogP contribution in [-0.2, 0) is 45.2 Å². The zero-order chi connectivity index (χ0) is 40.6. The third-order valence-electron chi connectivity index (χ3n) is 12.3. The van der Waals surface area contributed by atoms with Gasteiger partial charge >= 0.3 is 11.9 Å². The van der Waals surface area contributed by atoms with Crippen LogP contribution >= 0.6 is 0 Å². The van der Waals surface area contributed by atoms with E-state index >= 15 is 0 Å². The Bertz CT molecular complexity index is 2450. The Kier molecular flexibility index (Phi) is 9.91. The number of hydrogen-bond acceptors (Lipinski definition) is 8. The SMILES string of the molecule is C=CC(=O)OCCOc1ccc(C2(c3ccc(OCCOC(=O)C4CC5(OC)c6ccccc6C4(OC)c4ccccc45)cc3)c3ccccc3-c3ccccc32)cc1. The molecule has 0 amide bonds. The van der Waals surface area contributed by atoms with Gasteiger partial charge in [0.05, 0.1) is 11.3 Å². The fourth-order valence-corrected chi connectivity index (χ4v) is 9.94. The molecular weight excluding hydrogens is 741 g/mol. The number of benzene rings is 6. The van der Waals surface area contributed by atoms with Crippen LogP contribution < -0.4 is 9.47 Å². The molecule has 0 aliphatic heterocycles. The number of carbonyl (C=O) groups is 2. The summed E-state index contributed by atoms with van der Waals surface area (Å²) < 4.78 is 35.8. The third kappa shape index (κ3) is 5.88. The van der Waals surface area contributed by atoms with Crippen LogP contribution in [-0.4, -0.2) is 52.6 Å². The number of esters is 2. The van der Waals surface area contributed by atoms with Crippen molar-refractivity contribution in [1.29, 1.82) is 0 Å². The second-order valence-corrected chi connectivity index (χ2v) is 14.9. The molecule has 6 aromatic carbocycles. The molecule has 0 aromatic heterocycles. The standard InChI is InChI=1S/C51H44O8/c1-4-47(52)58-31-29-56-36-25-21-34(22-26-36)50(40-15-7-5-13-38(40)39-14-6-8-16-41(39)50)35-23-27-37(28-24-35)57-30-32-59-48(53)46-33-49(54-2)42-17-9-11-19-44(42)51(46,55-3)45-20-12-10-18-43(45)49/h4-28,46H,1,29-33H2,2-3H3. The Balaban J connectivity index is 0.941. The van der Waals surface area contributed by atoms with Crippen molar-refractivity contribution in [2.24, 2.45) is 5.92 Å². The minimum Gasteiger partial charge on any atom is -0.490 e. The fourth-order valence-electron chi connectivity index (χ4n) is 9.94. The van der Waals surface area contributed by atoms with Crippen molar-refractivity contribution in [3.8, 4) is 22.6 Å². The van der Waals surface area contributed by atoms with Crippen molar-refractivity contribution in [2.45, 2.75) is 23.0 Å². The van der Waals surface area contributed by atoms with E-state index in [-0.39, 0.29) is 32.4 Å². The lowest BCUT2D eigenvalue weighted by Gasteiger charge is -2.56. The van der Waals surface area contributed by atoms with E-state index in [0.29, 0.717) is 17.9 Å². The average molecular weight is 785 g/mol. The van der Waals surface area contributed by atoms with E-state index in [1.54, 1.807) is 14.2 Å². The van der Waals surface area contributed by atoms with E-state index in [1.165, 1.54) is 22.3 Å². The number of hydrogen-bond donors (Lipinski definition) is 0. The summed E-state index contributed by atoms with van der Waals surface area (Å²) in [5.41, 5.74) is 8.30. The maximum absolute atomic E-state index is 14.1. The maximum atomic E-state index is 14.1. The molecule has 0 N–H and O–H groups in total. The number of fused-ring (bicyclic) bond motifs is 4. The van der Waals surface area contributed by atoms with Gasteiger partial charge in [-0.2, -0.15) is 0 Å². The van der Waals surface area contributed by atoms with Gasteiger partial charge < -0.3 is 28.4 Å². The van der Waals surface area contributed by atoms with E-state index < -0.39 is 28.5 Å². The number of methoxy groups -OCH3 is 2. The van der Waals surface area contributed by atoms with Gasteiger partial charge in [0, 0.05) is 26.7 Å². The molecule has 8 heteroatoms. The normalized spacial score (nSPS) is 20.0. The van der Waals surface area contributed by atoms with Crippen molar-refractivity contribution in [2.75, 3.05) is 40.6 Å². The van der Waals surface area contributed by atoms with Crippen LogP contribution in [0, 0.1) is 5.92 Å². The monoisotopic (exact) mass is 784 g/mol. The first-order chi connectivity index (χ1) is 28.9. The topological polar surface area (TPSA) is 89.5 Å². The molecule has 0 spiro atoms. The minimum absolute atomic E-state index is 0.0654. The third-order valence-corrected chi connectivity index (χ3v) is 12.3. The van der Waals surface area contributed by atoms with E-state index in [0.717, 1.165) is 39.5 Å². The van der Waals surface area contributed by atoms with Gasteiger partial charge in [-0.25, -0.2) is 4.79 Å². The van der Waals surface area contributed by atoms with Crippen molar-refractivity contribution in [3.05, 3.63) is 203 Å². The lowest BCUT2D eigenvalue weighted by molar-refractivity contribution is -0.173. The Morgan fingerprint density at radius 3 is 1.46 bits per heavy atom. The molecule has 2 bridgehead atoms. The molecule has 4 aliphatic carbocycles. The van der Waals surface area contributed by atoms with Crippen LogP contribution in [0.25, 0.3) is 11.1 Å². The van der Waals surface area contributed by atoms with E-state index in [2.05, 4.69) is 91.5 Å². The molecule has 8 nitrogen and oxygen atoms in total. The Labute approximate surface area is 343 Å². The van der Waals surface area contributed by atoms with Gasteiger partial charge in [0.2, 0.25) is 0 Å². The summed E-state index contributed by atoms with van der Waals surface area (Å²) in [6.07, 6.45) is 1.53. The molecule has 59 heavy (non-hydrogen) atoms. The molecule has 0 fully saturated rings. The molecule has 1 atom stereocenters.